The first-order valence-electron chi connectivity index (χ1n) is 12.8. The molecule has 10 nitrogen and oxygen atoms in total. The van der Waals surface area contributed by atoms with E-state index in [-0.39, 0.29) is 36.9 Å². The highest BCUT2D eigenvalue weighted by Gasteiger charge is 2.32. The number of pyridine rings is 1. The minimum Gasteiger partial charge on any atom is -0.445 e. The summed E-state index contributed by atoms with van der Waals surface area (Å²) in [6.45, 7) is 3.75. The Morgan fingerprint density at radius 3 is 2.55 bits per heavy atom. The number of hydrogen-bond acceptors (Lipinski definition) is 9. The van der Waals surface area contributed by atoms with Crippen LogP contribution >= 0.6 is 11.3 Å². The third-order valence-electron chi connectivity index (χ3n) is 6.13. The predicted octanol–water partition coefficient (Wildman–Crippen LogP) is 3.82. The van der Waals surface area contributed by atoms with E-state index in [2.05, 4.69) is 15.3 Å². The van der Waals surface area contributed by atoms with Crippen LogP contribution in [0.15, 0.2) is 78.0 Å². The van der Waals surface area contributed by atoms with Crippen molar-refractivity contribution in [2.45, 2.75) is 43.9 Å². The zero-order valence-corrected chi connectivity index (χ0v) is 23.9. The number of amides is 1. The van der Waals surface area contributed by atoms with Gasteiger partial charge in [0.05, 0.1) is 27.3 Å². The molecule has 0 aliphatic carbocycles. The highest BCUT2D eigenvalue weighted by atomic mass is 32.2. The lowest BCUT2D eigenvalue weighted by molar-refractivity contribution is 0.0873. The first kappa shape index (κ1) is 29.4. The molecule has 0 saturated carbocycles. The van der Waals surface area contributed by atoms with Crippen molar-refractivity contribution in [2.24, 2.45) is 5.92 Å². The first-order valence-corrected chi connectivity index (χ1v) is 15.1. The quantitative estimate of drug-likeness (QED) is 0.228. The standard InChI is InChI=1S/C28H33N5O5S2/c1-19(2)16-33(40(36,37)22-10-11-23-26(14-22)39-27(29)31-23)17-25(34)24(13-20-7-4-3-5-8-20)32-28(35)38-18-21-9-6-12-30-15-21/h3-12,14-15,19,24-25,34H,13,16-18H2,1-2H3,(H2,29,31)(H,32,35)/t24-,25+/m0/s1. The summed E-state index contributed by atoms with van der Waals surface area (Å²) in [6.07, 6.45) is 1.53. The van der Waals surface area contributed by atoms with Gasteiger partial charge in [-0.3, -0.25) is 4.98 Å². The summed E-state index contributed by atoms with van der Waals surface area (Å²) in [5.74, 6) is -0.0188. The van der Waals surface area contributed by atoms with Crippen LogP contribution in [-0.4, -0.2) is 59.1 Å². The maximum Gasteiger partial charge on any atom is 0.407 e. The number of nitrogens with two attached hydrogens (primary N) is 1. The smallest absolute Gasteiger partial charge is 0.407 e. The van der Waals surface area contributed by atoms with Crippen LogP contribution in [0.3, 0.4) is 0 Å². The van der Waals surface area contributed by atoms with Gasteiger partial charge in [0.25, 0.3) is 0 Å². The fourth-order valence-electron chi connectivity index (χ4n) is 4.22. The van der Waals surface area contributed by atoms with Gasteiger partial charge in [-0.15, -0.1) is 0 Å². The third kappa shape index (κ3) is 7.75. The lowest BCUT2D eigenvalue weighted by atomic mass is 10.0. The van der Waals surface area contributed by atoms with Gasteiger partial charge < -0.3 is 20.9 Å². The average Bonchev–Trinajstić information content (AvgIpc) is 3.31. The molecule has 2 aromatic heterocycles. The Morgan fingerprint density at radius 1 is 1.10 bits per heavy atom. The van der Waals surface area contributed by atoms with Crippen LogP contribution < -0.4 is 11.1 Å². The van der Waals surface area contributed by atoms with Crippen molar-refractivity contribution >= 4 is 42.8 Å². The van der Waals surface area contributed by atoms with Crippen molar-refractivity contribution in [1.82, 2.24) is 19.6 Å². The normalized spacial score (nSPS) is 13.4. The fraction of sp³-hybridized carbons (Fsp3) is 0.321. The second kappa shape index (κ2) is 13.2. The maximum absolute atomic E-state index is 13.8. The van der Waals surface area contributed by atoms with Gasteiger partial charge in [0.15, 0.2) is 5.13 Å². The molecule has 1 amide bonds. The molecular weight excluding hydrogens is 550 g/mol. The number of carbonyl (C=O) groups is 1. The number of nitrogen functional groups attached to an aromatic ring is 1. The van der Waals surface area contributed by atoms with Gasteiger partial charge in [-0.1, -0.05) is 61.6 Å². The summed E-state index contributed by atoms with van der Waals surface area (Å²) in [5.41, 5.74) is 8.00. The first-order chi connectivity index (χ1) is 19.1. The second-order valence-electron chi connectivity index (χ2n) is 9.84. The van der Waals surface area contributed by atoms with Crippen molar-refractivity contribution in [1.29, 1.82) is 0 Å². The zero-order valence-electron chi connectivity index (χ0n) is 22.3. The Labute approximate surface area is 237 Å². The average molecular weight is 584 g/mol. The zero-order chi connectivity index (χ0) is 28.7. The number of fused-ring (bicyclic) bond motifs is 1. The number of aliphatic hydroxyl groups is 1. The Bertz CT molecular complexity index is 1510. The maximum atomic E-state index is 13.8. The van der Waals surface area contributed by atoms with Crippen LogP contribution in [0.2, 0.25) is 0 Å². The molecule has 4 N–H and O–H groups in total. The molecule has 0 aliphatic heterocycles. The molecule has 212 valence electrons. The molecule has 2 heterocycles. The molecule has 0 spiro atoms. The summed E-state index contributed by atoms with van der Waals surface area (Å²) in [6, 6.07) is 16.7. The van der Waals surface area contributed by atoms with Gasteiger partial charge in [-0.25, -0.2) is 18.2 Å². The van der Waals surface area contributed by atoms with Crippen LogP contribution in [0.25, 0.3) is 10.2 Å². The Balaban J connectivity index is 1.55. The molecule has 2 aromatic carbocycles. The van der Waals surface area contributed by atoms with Crippen molar-refractivity contribution in [3.8, 4) is 0 Å². The molecule has 0 saturated heterocycles. The Hall–Kier alpha value is -3.58. The lowest BCUT2D eigenvalue weighted by Crippen LogP contribution is -2.51. The van der Waals surface area contributed by atoms with E-state index in [0.29, 0.717) is 20.9 Å². The monoisotopic (exact) mass is 583 g/mol. The number of hydrogen-bond donors (Lipinski definition) is 3. The molecule has 0 bridgehead atoms. The van der Waals surface area contributed by atoms with E-state index in [1.165, 1.54) is 21.7 Å². The van der Waals surface area contributed by atoms with Crippen molar-refractivity contribution < 1.29 is 23.1 Å². The lowest BCUT2D eigenvalue weighted by Gasteiger charge is -2.30. The van der Waals surface area contributed by atoms with Crippen LogP contribution in [0, 0.1) is 5.92 Å². The number of sulfonamides is 1. The van der Waals surface area contributed by atoms with E-state index in [4.69, 9.17) is 10.5 Å². The van der Waals surface area contributed by atoms with E-state index < -0.39 is 28.3 Å². The van der Waals surface area contributed by atoms with E-state index in [1.54, 1.807) is 36.7 Å². The van der Waals surface area contributed by atoms with Gasteiger partial charge in [0.1, 0.15) is 6.61 Å². The molecular formula is C28H33N5O5S2. The van der Waals surface area contributed by atoms with Crippen LogP contribution in [-0.2, 0) is 27.8 Å². The number of ether oxygens (including phenoxy) is 1. The molecule has 4 aromatic rings. The van der Waals surface area contributed by atoms with Gasteiger partial charge >= 0.3 is 6.09 Å². The van der Waals surface area contributed by atoms with Gasteiger partial charge in [0.2, 0.25) is 10.0 Å². The van der Waals surface area contributed by atoms with Crippen LogP contribution in [0.1, 0.15) is 25.0 Å². The Kier molecular flexibility index (Phi) is 9.69. The van der Waals surface area contributed by atoms with Crippen LogP contribution in [0.5, 0.6) is 0 Å². The SMILES string of the molecule is CC(C)CN(C[C@@H](O)[C@H](Cc1ccccc1)NC(=O)OCc1cccnc1)S(=O)(=O)c1ccc2nc(N)sc2c1. The fourth-order valence-corrected chi connectivity index (χ4v) is 6.72. The summed E-state index contributed by atoms with van der Waals surface area (Å²) >= 11 is 1.21. The number of alkyl carbamates (subject to hydrolysis) is 1. The van der Waals surface area contributed by atoms with Gasteiger partial charge in [-0.2, -0.15) is 4.31 Å². The molecule has 12 heteroatoms. The third-order valence-corrected chi connectivity index (χ3v) is 8.81. The summed E-state index contributed by atoms with van der Waals surface area (Å²) in [4.78, 5) is 21.0. The number of benzene rings is 2. The summed E-state index contributed by atoms with van der Waals surface area (Å²) < 4.78 is 34.8. The molecule has 0 radical (unpaired) electrons. The van der Waals surface area contributed by atoms with Gasteiger partial charge in [-0.05, 0) is 42.2 Å². The highest BCUT2D eigenvalue weighted by Crippen LogP contribution is 2.28. The summed E-state index contributed by atoms with van der Waals surface area (Å²) in [7, 11) is -3.99. The molecule has 0 fully saturated rings. The minimum atomic E-state index is -3.99. The van der Waals surface area contributed by atoms with E-state index in [1.807, 2.05) is 44.2 Å². The second-order valence-corrected chi connectivity index (χ2v) is 12.8. The number of carbonyl (C=O) groups excluding carboxylic acids is 1. The number of aliphatic hydroxyl groups excluding tert-OH is 1. The van der Waals surface area contributed by atoms with Crippen molar-refractivity contribution in [2.75, 3.05) is 18.8 Å². The molecule has 0 unspecified atom stereocenters. The Morgan fingerprint density at radius 2 is 1.85 bits per heavy atom. The van der Waals surface area contributed by atoms with Gasteiger partial charge in [0, 0.05) is 31.0 Å². The predicted molar refractivity (Wildman–Crippen MR) is 155 cm³/mol. The number of thiazole rings is 1. The van der Waals surface area contributed by atoms with Crippen molar-refractivity contribution in [3.05, 3.63) is 84.2 Å². The summed E-state index contributed by atoms with van der Waals surface area (Å²) in [5, 5.41) is 14.5. The van der Waals surface area contributed by atoms with Crippen molar-refractivity contribution in [3.63, 3.8) is 0 Å². The van der Waals surface area contributed by atoms with E-state index >= 15 is 0 Å². The van der Waals surface area contributed by atoms with E-state index in [0.717, 1.165) is 5.56 Å². The number of nitrogens with zero attached hydrogens (tertiary/aromatic N) is 3. The number of anilines is 1. The molecule has 0 aliphatic rings. The molecule has 2 atom stereocenters. The largest absolute Gasteiger partial charge is 0.445 e. The molecule has 4 rings (SSSR count). The van der Waals surface area contributed by atoms with E-state index in [9.17, 15) is 18.3 Å². The molecule has 40 heavy (non-hydrogen) atoms. The minimum absolute atomic E-state index is 0.00620. The van der Waals surface area contributed by atoms with Crippen LogP contribution in [0.4, 0.5) is 9.93 Å². The highest BCUT2D eigenvalue weighted by molar-refractivity contribution is 7.89. The number of nitrogens with one attached hydrogen (secondary N) is 1. The number of rotatable bonds is 12. The number of aromatic nitrogens is 2. The topological polar surface area (TPSA) is 148 Å².